The number of aromatic nitrogens is 2. The van der Waals surface area contributed by atoms with Gasteiger partial charge in [0, 0.05) is 18.1 Å². The minimum Gasteiger partial charge on any atom is -0.447 e. The zero-order chi connectivity index (χ0) is 17.9. The number of anilines is 1. The highest BCUT2D eigenvalue weighted by Crippen LogP contribution is 2.23. The van der Waals surface area contributed by atoms with E-state index in [4.69, 9.17) is 9.47 Å². The number of esters is 1. The molecule has 0 N–H and O–H groups in total. The number of rotatable bonds is 4. The number of benzene rings is 2. The third-order valence-electron chi connectivity index (χ3n) is 3.99. The number of para-hydroxylation sites is 1. The van der Waals surface area contributed by atoms with Crippen LogP contribution in [0, 0.1) is 0 Å². The minimum atomic E-state index is -0.482. The highest BCUT2D eigenvalue weighted by Gasteiger charge is 2.23. The quantitative estimate of drug-likeness (QED) is 0.535. The van der Waals surface area contributed by atoms with E-state index in [1.807, 2.05) is 6.07 Å². The van der Waals surface area contributed by atoms with Crippen LogP contribution in [-0.2, 0) is 4.74 Å². The van der Waals surface area contributed by atoms with Gasteiger partial charge in [0.15, 0.2) is 0 Å². The molecular formula is C19H15N3O4. The van der Waals surface area contributed by atoms with Crippen LogP contribution in [0.3, 0.4) is 0 Å². The van der Waals surface area contributed by atoms with E-state index in [1.54, 1.807) is 65.6 Å². The lowest BCUT2D eigenvalue weighted by molar-refractivity contribution is 0.0734. The molecule has 130 valence electrons. The average Bonchev–Trinajstić information content (AvgIpc) is 3.34. The van der Waals surface area contributed by atoms with Crippen molar-refractivity contribution in [2.24, 2.45) is 0 Å². The third kappa shape index (κ3) is 3.02. The fourth-order valence-corrected chi connectivity index (χ4v) is 2.74. The van der Waals surface area contributed by atoms with E-state index >= 15 is 0 Å². The maximum atomic E-state index is 12.6. The Labute approximate surface area is 149 Å². The summed E-state index contributed by atoms with van der Waals surface area (Å²) in [6.07, 6.45) is 3.03. The summed E-state index contributed by atoms with van der Waals surface area (Å²) in [5, 5.41) is 4.16. The molecule has 1 amide bonds. The molecule has 4 rings (SSSR count). The lowest BCUT2D eigenvalue weighted by atomic mass is 10.2. The van der Waals surface area contributed by atoms with Gasteiger partial charge in [0.25, 0.3) is 0 Å². The van der Waals surface area contributed by atoms with Crippen LogP contribution in [0.1, 0.15) is 10.4 Å². The summed E-state index contributed by atoms with van der Waals surface area (Å²) < 4.78 is 12.0. The summed E-state index contributed by atoms with van der Waals surface area (Å²) in [5.74, 6) is -0.0917. The predicted octanol–water partition coefficient (Wildman–Crippen LogP) is 3.05. The highest BCUT2D eigenvalue weighted by atomic mass is 16.6. The van der Waals surface area contributed by atoms with Gasteiger partial charge in [0.1, 0.15) is 12.4 Å². The molecule has 0 spiro atoms. The average molecular weight is 349 g/mol. The summed E-state index contributed by atoms with van der Waals surface area (Å²) in [6, 6.07) is 15.6. The molecule has 26 heavy (non-hydrogen) atoms. The number of ether oxygens (including phenoxy) is 2. The number of carbonyl (C=O) groups is 2. The number of carbonyl (C=O) groups excluding carboxylic acids is 2. The van der Waals surface area contributed by atoms with E-state index in [9.17, 15) is 9.59 Å². The summed E-state index contributed by atoms with van der Waals surface area (Å²) in [4.78, 5) is 25.7. The van der Waals surface area contributed by atoms with Crippen LogP contribution >= 0.6 is 0 Å². The van der Waals surface area contributed by atoms with Crippen LogP contribution in [0.2, 0.25) is 0 Å². The van der Waals surface area contributed by atoms with Gasteiger partial charge in [0.2, 0.25) is 0 Å². The number of nitrogens with zero attached hydrogens (tertiary/aromatic N) is 3. The first-order valence-corrected chi connectivity index (χ1v) is 8.08. The van der Waals surface area contributed by atoms with E-state index in [0.29, 0.717) is 35.8 Å². The fourth-order valence-electron chi connectivity index (χ4n) is 2.74. The lowest BCUT2D eigenvalue weighted by Gasteiger charge is -2.13. The molecule has 0 radical (unpaired) electrons. The van der Waals surface area contributed by atoms with E-state index in [-0.39, 0.29) is 6.09 Å². The van der Waals surface area contributed by atoms with Crippen molar-refractivity contribution in [1.82, 2.24) is 9.78 Å². The Morgan fingerprint density at radius 1 is 1.08 bits per heavy atom. The Morgan fingerprint density at radius 2 is 1.88 bits per heavy atom. The first kappa shape index (κ1) is 15.9. The van der Waals surface area contributed by atoms with Gasteiger partial charge in [-0.05, 0) is 42.5 Å². The lowest BCUT2D eigenvalue weighted by Crippen LogP contribution is -2.23. The molecule has 0 aliphatic carbocycles. The molecule has 2 aromatic carbocycles. The van der Waals surface area contributed by atoms with Crippen molar-refractivity contribution in [2.45, 2.75) is 0 Å². The number of hydrogen-bond donors (Lipinski definition) is 0. The summed E-state index contributed by atoms with van der Waals surface area (Å²) in [7, 11) is 0. The maximum Gasteiger partial charge on any atom is 0.414 e. The van der Waals surface area contributed by atoms with Crippen LogP contribution in [0.5, 0.6) is 5.75 Å². The van der Waals surface area contributed by atoms with Gasteiger partial charge < -0.3 is 9.47 Å². The largest absolute Gasteiger partial charge is 0.447 e. The first-order valence-electron chi connectivity index (χ1n) is 8.08. The van der Waals surface area contributed by atoms with Crippen LogP contribution in [-0.4, -0.2) is 35.0 Å². The molecule has 1 aromatic heterocycles. The topological polar surface area (TPSA) is 73.7 Å². The molecular weight excluding hydrogens is 334 g/mol. The van der Waals surface area contributed by atoms with Crippen molar-refractivity contribution >= 4 is 17.7 Å². The van der Waals surface area contributed by atoms with Gasteiger partial charge in [-0.3, -0.25) is 4.90 Å². The molecule has 0 atom stereocenters. The second-order valence-electron chi connectivity index (χ2n) is 5.62. The van der Waals surface area contributed by atoms with Gasteiger partial charge in [-0.2, -0.15) is 5.10 Å². The monoisotopic (exact) mass is 349 g/mol. The highest BCUT2D eigenvalue weighted by molar-refractivity contribution is 5.95. The Balaban J connectivity index is 1.53. The van der Waals surface area contributed by atoms with Crippen molar-refractivity contribution in [3.63, 3.8) is 0 Å². The number of hydrogen-bond acceptors (Lipinski definition) is 5. The standard InChI is InChI=1S/C19H15N3O4/c23-18(16-4-1-2-5-17(16)22-11-3-10-20-22)26-15-8-6-14(7-9-15)21-12-13-25-19(21)24/h1-11H,12-13H2. The maximum absolute atomic E-state index is 12.6. The van der Waals surface area contributed by atoms with Gasteiger partial charge in [0.05, 0.1) is 17.8 Å². The summed E-state index contributed by atoms with van der Waals surface area (Å²) >= 11 is 0. The van der Waals surface area contributed by atoms with Crippen molar-refractivity contribution in [2.75, 3.05) is 18.1 Å². The van der Waals surface area contributed by atoms with Crippen molar-refractivity contribution in [1.29, 1.82) is 0 Å². The Hall–Kier alpha value is -3.61. The molecule has 1 saturated heterocycles. The smallest absolute Gasteiger partial charge is 0.414 e. The summed E-state index contributed by atoms with van der Waals surface area (Å²) in [5.41, 5.74) is 1.74. The van der Waals surface area contributed by atoms with Gasteiger partial charge >= 0.3 is 12.1 Å². The Morgan fingerprint density at radius 3 is 2.58 bits per heavy atom. The molecule has 7 heteroatoms. The minimum absolute atomic E-state index is 0.372. The van der Waals surface area contributed by atoms with Gasteiger partial charge in [-0.25, -0.2) is 14.3 Å². The van der Waals surface area contributed by atoms with Gasteiger partial charge in [-0.1, -0.05) is 12.1 Å². The third-order valence-corrected chi connectivity index (χ3v) is 3.99. The molecule has 0 bridgehead atoms. The first-order chi connectivity index (χ1) is 12.7. The van der Waals surface area contributed by atoms with Gasteiger partial charge in [-0.15, -0.1) is 0 Å². The SMILES string of the molecule is O=C(Oc1ccc(N2CCOC2=O)cc1)c1ccccc1-n1cccn1. The Bertz CT molecular complexity index is 936. The molecule has 7 nitrogen and oxygen atoms in total. The molecule has 3 aromatic rings. The van der Waals surface area contributed by atoms with E-state index < -0.39 is 5.97 Å². The van der Waals surface area contributed by atoms with Crippen LogP contribution in [0.25, 0.3) is 5.69 Å². The van der Waals surface area contributed by atoms with Crippen molar-refractivity contribution in [3.05, 3.63) is 72.6 Å². The number of amides is 1. The number of cyclic esters (lactones) is 1. The molecule has 1 aliphatic rings. The predicted molar refractivity (Wildman–Crippen MR) is 93.7 cm³/mol. The molecule has 2 heterocycles. The fraction of sp³-hybridized carbons (Fsp3) is 0.105. The normalized spacial score (nSPS) is 13.5. The second kappa shape index (κ2) is 6.72. The van der Waals surface area contributed by atoms with Crippen molar-refractivity contribution < 1.29 is 19.1 Å². The van der Waals surface area contributed by atoms with Crippen LogP contribution in [0.15, 0.2) is 67.0 Å². The van der Waals surface area contributed by atoms with E-state index in [1.165, 1.54) is 4.90 Å². The summed E-state index contributed by atoms with van der Waals surface area (Å²) in [6.45, 7) is 0.884. The zero-order valence-electron chi connectivity index (χ0n) is 13.7. The zero-order valence-corrected chi connectivity index (χ0v) is 13.7. The van der Waals surface area contributed by atoms with Crippen LogP contribution < -0.4 is 9.64 Å². The Kier molecular flexibility index (Phi) is 4.10. The van der Waals surface area contributed by atoms with Crippen molar-refractivity contribution in [3.8, 4) is 11.4 Å². The van der Waals surface area contributed by atoms with E-state index in [2.05, 4.69) is 5.10 Å². The van der Waals surface area contributed by atoms with E-state index in [0.717, 1.165) is 0 Å². The van der Waals surface area contributed by atoms with Crippen LogP contribution in [0.4, 0.5) is 10.5 Å². The molecule has 1 fully saturated rings. The molecule has 0 saturated carbocycles. The molecule has 1 aliphatic heterocycles. The molecule has 0 unspecified atom stereocenters. The second-order valence-corrected chi connectivity index (χ2v) is 5.62.